The summed E-state index contributed by atoms with van der Waals surface area (Å²) in [6, 6.07) is 8.71. The zero-order valence-electron chi connectivity index (χ0n) is 18.6. The van der Waals surface area contributed by atoms with Gasteiger partial charge in [0.25, 0.3) is 0 Å². The minimum atomic E-state index is -0.288. The summed E-state index contributed by atoms with van der Waals surface area (Å²) < 4.78 is 0. The van der Waals surface area contributed by atoms with Crippen molar-refractivity contribution in [2.24, 2.45) is 0 Å². The van der Waals surface area contributed by atoms with E-state index < -0.39 is 0 Å². The number of phenolic OH excluding ortho intramolecular Hbond substituents is 1. The van der Waals surface area contributed by atoms with Crippen molar-refractivity contribution in [3.63, 3.8) is 0 Å². The third-order valence-electron chi connectivity index (χ3n) is 6.45. The second-order valence-electron chi connectivity index (χ2n) is 8.44. The molecule has 8 heteroatoms. The Bertz CT molecular complexity index is 1160. The molecular formula is C24H29N5O3. The summed E-state index contributed by atoms with van der Waals surface area (Å²) in [6.45, 7) is 10.9. The molecule has 0 spiro atoms. The SMILES string of the molecule is C=CC(=O)N1C(C)CN(C(C)c2[nH]c3nnc(-c4ccccc4O)cc3c2C)CC1CO. The summed E-state index contributed by atoms with van der Waals surface area (Å²) in [5, 5.41) is 29.7. The number of benzene rings is 1. The van der Waals surface area contributed by atoms with Crippen molar-refractivity contribution >= 4 is 16.9 Å². The highest BCUT2D eigenvalue weighted by molar-refractivity contribution is 5.87. The molecule has 3 atom stereocenters. The summed E-state index contributed by atoms with van der Waals surface area (Å²) in [7, 11) is 0. The van der Waals surface area contributed by atoms with Crippen LogP contribution in [-0.2, 0) is 4.79 Å². The monoisotopic (exact) mass is 435 g/mol. The fraction of sp³-hybridized carbons (Fsp3) is 0.375. The maximum Gasteiger partial charge on any atom is 0.246 e. The Morgan fingerprint density at radius 1 is 1.34 bits per heavy atom. The number of rotatable bonds is 5. The lowest BCUT2D eigenvalue weighted by atomic mass is 10.0. The first kappa shape index (κ1) is 22.0. The minimum absolute atomic E-state index is 0.0234. The number of carbonyl (C=O) groups is 1. The van der Waals surface area contributed by atoms with E-state index in [1.54, 1.807) is 17.0 Å². The molecule has 168 valence electrons. The van der Waals surface area contributed by atoms with Crippen LogP contribution in [0.25, 0.3) is 22.3 Å². The lowest BCUT2D eigenvalue weighted by Crippen LogP contribution is -2.60. The molecule has 3 heterocycles. The molecule has 3 N–H and O–H groups in total. The van der Waals surface area contributed by atoms with E-state index in [-0.39, 0.29) is 36.4 Å². The van der Waals surface area contributed by atoms with Crippen LogP contribution in [0.4, 0.5) is 0 Å². The maximum atomic E-state index is 12.3. The van der Waals surface area contributed by atoms with Crippen LogP contribution in [0.15, 0.2) is 43.0 Å². The van der Waals surface area contributed by atoms with Crippen LogP contribution in [0.1, 0.15) is 31.1 Å². The first-order valence-corrected chi connectivity index (χ1v) is 10.8. The Hall–Kier alpha value is -3.23. The molecule has 8 nitrogen and oxygen atoms in total. The van der Waals surface area contributed by atoms with Crippen molar-refractivity contribution < 1.29 is 15.0 Å². The number of aliphatic hydroxyl groups excluding tert-OH is 1. The van der Waals surface area contributed by atoms with E-state index in [1.807, 2.05) is 32.0 Å². The van der Waals surface area contributed by atoms with E-state index in [2.05, 4.69) is 33.6 Å². The van der Waals surface area contributed by atoms with Crippen LogP contribution in [0.2, 0.25) is 0 Å². The predicted molar refractivity (Wildman–Crippen MR) is 123 cm³/mol. The molecule has 3 aromatic rings. The molecule has 0 radical (unpaired) electrons. The molecule has 1 amide bonds. The molecule has 0 bridgehead atoms. The van der Waals surface area contributed by atoms with Crippen molar-refractivity contribution in [2.45, 2.75) is 38.9 Å². The molecule has 1 saturated heterocycles. The molecule has 0 saturated carbocycles. The number of amides is 1. The Labute approximate surface area is 187 Å². The average molecular weight is 436 g/mol. The van der Waals surface area contributed by atoms with E-state index in [4.69, 9.17) is 0 Å². The van der Waals surface area contributed by atoms with E-state index in [0.29, 0.717) is 30.0 Å². The molecule has 4 rings (SSSR count). The summed E-state index contributed by atoms with van der Waals surface area (Å²) >= 11 is 0. The molecule has 1 aliphatic rings. The first-order chi connectivity index (χ1) is 15.3. The number of nitrogens with one attached hydrogen (secondary N) is 1. The number of aromatic hydroxyl groups is 1. The summed E-state index contributed by atoms with van der Waals surface area (Å²) in [5.41, 5.74) is 4.03. The molecule has 32 heavy (non-hydrogen) atoms. The van der Waals surface area contributed by atoms with Crippen molar-refractivity contribution in [1.82, 2.24) is 25.0 Å². The molecule has 3 unspecified atom stereocenters. The van der Waals surface area contributed by atoms with Crippen LogP contribution in [0, 0.1) is 6.92 Å². The summed E-state index contributed by atoms with van der Waals surface area (Å²) in [5.74, 6) is 0.0107. The summed E-state index contributed by atoms with van der Waals surface area (Å²) in [6.07, 6.45) is 1.31. The van der Waals surface area contributed by atoms with Gasteiger partial charge in [-0.15, -0.1) is 10.2 Å². The molecule has 2 aromatic heterocycles. The maximum absolute atomic E-state index is 12.3. The third-order valence-corrected chi connectivity index (χ3v) is 6.45. The number of H-pyrrole nitrogens is 1. The van der Waals surface area contributed by atoms with Gasteiger partial charge in [-0.2, -0.15) is 0 Å². The molecule has 1 aromatic carbocycles. The van der Waals surface area contributed by atoms with Crippen LogP contribution in [-0.4, -0.2) is 72.9 Å². The lowest BCUT2D eigenvalue weighted by Gasteiger charge is -2.46. The van der Waals surface area contributed by atoms with Crippen LogP contribution in [0.3, 0.4) is 0 Å². The Morgan fingerprint density at radius 3 is 2.78 bits per heavy atom. The standard InChI is InChI=1S/C24H29N5O3/c1-5-22(32)29-14(2)11-28(12-17(29)13-30)16(4)23-15(3)19-10-20(26-27-24(19)25-23)18-8-6-7-9-21(18)31/h5-10,14,16-17,30-31H,1,11-13H2,2-4H3,(H,25,27). The van der Waals surface area contributed by atoms with E-state index in [1.165, 1.54) is 6.08 Å². The van der Waals surface area contributed by atoms with Gasteiger partial charge in [-0.3, -0.25) is 9.69 Å². The van der Waals surface area contributed by atoms with Gasteiger partial charge in [0.15, 0.2) is 5.65 Å². The second kappa shape index (κ2) is 8.72. The summed E-state index contributed by atoms with van der Waals surface area (Å²) in [4.78, 5) is 19.7. The van der Waals surface area contributed by atoms with Crippen LogP contribution in [0.5, 0.6) is 5.75 Å². The average Bonchev–Trinajstić information content (AvgIpc) is 3.13. The Morgan fingerprint density at radius 2 is 2.09 bits per heavy atom. The number of phenols is 1. The van der Waals surface area contributed by atoms with Gasteiger partial charge >= 0.3 is 0 Å². The van der Waals surface area contributed by atoms with Crippen molar-refractivity contribution in [3.8, 4) is 17.0 Å². The molecule has 1 aliphatic heterocycles. The van der Waals surface area contributed by atoms with Crippen LogP contribution < -0.4 is 0 Å². The number of para-hydroxylation sites is 1. The van der Waals surface area contributed by atoms with Crippen LogP contribution >= 0.6 is 0 Å². The number of nitrogens with zero attached hydrogens (tertiary/aromatic N) is 4. The smallest absolute Gasteiger partial charge is 0.246 e. The Balaban J connectivity index is 1.65. The van der Waals surface area contributed by atoms with Gasteiger partial charge in [0.2, 0.25) is 5.91 Å². The normalized spacial score (nSPS) is 20.4. The largest absolute Gasteiger partial charge is 0.507 e. The number of aromatic nitrogens is 3. The van der Waals surface area contributed by atoms with Crippen molar-refractivity contribution in [1.29, 1.82) is 0 Å². The molecular weight excluding hydrogens is 406 g/mol. The zero-order chi connectivity index (χ0) is 23.0. The first-order valence-electron chi connectivity index (χ1n) is 10.8. The zero-order valence-corrected chi connectivity index (χ0v) is 18.6. The fourth-order valence-corrected chi connectivity index (χ4v) is 4.74. The number of aliphatic hydroxyl groups is 1. The number of fused-ring (bicyclic) bond motifs is 1. The van der Waals surface area contributed by atoms with Crippen molar-refractivity contribution in [3.05, 3.63) is 54.2 Å². The fourth-order valence-electron chi connectivity index (χ4n) is 4.74. The van der Waals surface area contributed by atoms with Gasteiger partial charge in [0.05, 0.1) is 18.3 Å². The van der Waals surface area contributed by atoms with E-state index >= 15 is 0 Å². The number of aromatic amines is 1. The minimum Gasteiger partial charge on any atom is -0.507 e. The second-order valence-corrected chi connectivity index (χ2v) is 8.44. The van der Waals surface area contributed by atoms with E-state index in [9.17, 15) is 15.0 Å². The number of carbonyl (C=O) groups excluding carboxylic acids is 1. The number of hydrogen-bond acceptors (Lipinski definition) is 6. The number of piperazine rings is 1. The van der Waals surface area contributed by atoms with Gasteiger partial charge < -0.3 is 20.1 Å². The van der Waals surface area contributed by atoms with Gasteiger partial charge in [-0.05, 0) is 50.6 Å². The van der Waals surface area contributed by atoms with Gasteiger partial charge in [-0.25, -0.2) is 0 Å². The van der Waals surface area contributed by atoms with Gasteiger partial charge in [-0.1, -0.05) is 18.7 Å². The topological polar surface area (TPSA) is 106 Å². The quantitative estimate of drug-likeness (QED) is 0.532. The van der Waals surface area contributed by atoms with E-state index in [0.717, 1.165) is 16.6 Å². The van der Waals surface area contributed by atoms with Gasteiger partial charge in [0.1, 0.15) is 5.75 Å². The number of hydrogen-bond donors (Lipinski definition) is 3. The Kier molecular flexibility index (Phi) is 5.99. The highest BCUT2D eigenvalue weighted by atomic mass is 16.3. The molecule has 1 fully saturated rings. The number of aryl methyl sites for hydroxylation is 1. The van der Waals surface area contributed by atoms with Gasteiger partial charge in [0, 0.05) is 41.8 Å². The highest BCUT2D eigenvalue weighted by Crippen LogP contribution is 2.33. The third kappa shape index (κ3) is 3.76. The predicted octanol–water partition coefficient (Wildman–Crippen LogP) is 2.78. The molecule has 0 aliphatic carbocycles. The highest BCUT2D eigenvalue weighted by Gasteiger charge is 2.36. The lowest BCUT2D eigenvalue weighted by molar-refractivity contribution is -0.136. The van der Waals surface area contributed by atoms with Crippen molar-refractivity contribution in [2.75, 3.05) is 19.7 Å².